The van der Waals surface area contributed by atoms with Crippen LogP contribution < -0.4 is 16.2 Å². The van der Waals surface area contributed by atoms with E-state index >= 15 is 0 Å². The Balaban J connectivity index is 2.03. The number of urea groups is 1. The number of nitrogens with zero attached hydrogens (tertiary/aromatic N) is 2. The van der Waals surface area contributed by atoms with Gasteiger partial charge in [0.05, 0.1) is 17.1 Å². The van der Waals surface area contributed by atoms with Crippen LogP contribution in [-0.2, 0) is 0 Å². The van der Waals surface area contributed by atoms with Crippen molar-refractivity contribution in [3.63, 3.8) is 0 Å². The number of carbonyl (C=O) groups is 1. The second kappa shape index (κ2) is 7.46. The third-order valence-corrected chi connectivity index (χ3v) is 4.47. The van der Waals surface area contributed by atoms with Gasteiger partial charge in [0.2, 0.25) is 0 Å². The lowest BCUT2D eigenvalue weighted by molar-refractivity contribution is 0.244. The third-order valence-electron chi connectivity index (χ3n) is 4.47. The number of fused-ring (bicyclic) bond motifs is 1. The van der Waals surface area contributed by atoms with Crippen molar-refractivity contribution >= 4 is 22.8 Å². The molecule has 0 radical (unpaired) electrons. The zero-order valence-electron chi connectivity index (χ0n) is 16.9. The van der Waals surface area contributed by atoms with Gasteiger partial charge in [0.15, 0.2) is 0 Å². The average Bonchev–Trinajstić information content (AvgIpc) is 2.61. The first-order valence-corrected chi connectivity index (χ1v) is 9.33. The molecule has 0 saturated heterocycles. The van der Waals surface area contributed by atoms with Crippen LogP contribution in [0.2, 0.25) is 0 Å². The van der Waals surface area contributed by atoms with Gasteiger partial charge in [-0.2, -0.15) is 0 Å². The number of hydrogen-bond acceptors (Lipinski definition) is 3. The topological polar surface area (TPSA) is 76.0 Å². The van der Waals surface area contributed by atoms with Crippen LogP contribution in [0.3, 0.4) is 0 Å². The molecule has 6 heteroatoms. The quantitative estimate of drug-likeness (QED) is 0.716. The molecule has 2 aromatic carbocycles. The first-order chi connectivity index (χ1) is 13.2. The van der Waals surface area contributed by atoms with Crippen LogP contribution in [0.25, 0.3) is 11.0 Å². The van der Waals surface area contributed by atoms with Crippen molar-refractivity contribution in [2.45, 2.75) is 46.2 Å². The standard InChI is InChI=1S/C22H26N4O2/c1-14-20(27)26(15(2)16-9-7-6-8-10-16)19-12-11-17(13-18(19)23-14)24-21(28)25-22(3,4)5/h6-13,15H,1-5H3,(H2,24,25,28)/t15-/m0/s1. The molecule has 0 aliphatic heterocycles. The van der Waals surface area contributed by atoms with Gasteiger partial charge in [0.1, 0.15) is 5.69 Å². The predicted octanol–water partition coefficient (Wildman–Crippen LogP) is 4.23. The molecule has 2 N–H and O–H groups in total. The maximum absolute atomic E-state index is 12.8. The lowest BCUT2D eigenvalue weighted by Crippen LogP contribution is -2.43. The number of hydrogen-bond donors (Lipinski definition) is 2. The summed E-state index contributed by atoms with van der Waals surface area (Å²) in [7, 11) is 0. The number of aryl methyl sites for hydroxylation is 1. The van der Waals surface area contributed by atoms with Crippen molar-refractivity contribution < 1.29 is 4.79 Å². The van der Waals surface area contributed by atoms with E-state index in [2.05, 4.69) is 15.6 Å². The Bertz CT molecular complexity index is 1070. The molecule has 3 aromatic rings. The molecule has 6 nitrogen and oxygen atoms in total. The van der Waals surface area contributed by atoms with Crippen LogP contribution in [0.5, 0.6) is 0 Å². The van der Waals surface area contributed by atoms with E-state index in [0.717, 1.165) is 11.1 Å². The smallest absolute Gasteiger partial charge is 0.319 e. The van der Waals surface area contributed by atoms with E-state index in [1.165, 1.54) is 0 Å². The van der Waals surface area contributed by atoms with Crippen molar-refractivity contribution in [2.24, 2.45) is 0 Å². The molecule has 1 atom stereocenters. The minimum Gasteiger partial charge on any atom is -0.333 e. The molecule has 0 bridgehead atoms. The van der Waals surface area contributed by atoms with Gasteiger partial charge in [-0.3, -0.25) is 9.36 Å². The van der Waals surface area contributed by atoms with E-state index in [9.17, 15) is 9.59 Å². The van der Waals surface area contributed by atoms with Gasteiger partial charge in [0.25, 0.3) is 5.56 Å². The normalized spacial score (nSPS) is 12.6. The molecule has 1 heterocycles. The van der Waals surface area contributed by atoms with E-state index < -0.39 is 0 Å². The summed E-state index contributed by atoms with van der Waals surface area (Å²) in [5.41, 5.74) is 3.03. The molecule has 146 valence electrons. The van der Waals surface area contributed by atoms with Crippen molar-refractivity contribution in [2.75, 3.05) is 5.32 Å². The number of benzene rings is 2. The van der Waals surface area contributed by atoms with Crippen molar-refractivity contribution in [3.8, 4) is 0 Å². The number of carbonyl (C=O) groups excluding carboxylic acids is 1. The highest BCUT2D eigenvalue weighted by atomic mass is 16.2. The average molecular weight is 378 g/mol. The molecular formula is C22H26N4O2. The van der Waals surface area contributed by atoms with Gasteiger partial charge >= 0.3 is 6.03 Å². The summed E-state index contributed by atoms with van der Waals surface area (Å²) >= 11 is 0. The molecule has 0 unspecified atom stereocenters. The second-order valence-corrected chi connectivity index (χ2v) is 7.99. The SMILES string of the molecule is Cc1nc2cc(NC(=O)NC(C)(C)C)ccc2n([C@@H](C)c2ccccc2)c1=O. The fourth-order valence-corrected chi connectivity index (χ4v) is 3.17. The number of aromatic nitrogens is 2. The highest BCUT2D eigenvalue weighted by Gasteiger charge is 2.17. The van der Waals surface area contributed by atoms with Crippen LogP contribution in [0.1, 0.15) is 45.0 Å². The van der Waals surface area contributed by atoms with Crippen LogP contribution in [0.15, 0.2) is 53.3 Å². The second-order valence-electron chi connectivity index (χ2n) is 7.99. The highest BCUT2D eigenvalue weighted by molar-refractivity contribution is 5.92. The van der Waals surface area contributed by atoms with Crippen molar-refractivity contribution in [1.82, 2.24) is 14.9 Å². The Morgan fingerprint density at radius 3 is 2.43 bits per heavy atom. The van der Waals surface area contributed by atoms with Gasteiger partial charge in [-0.1, -0.05) is 30.3 Å². The summed E-state index contributed by atoms with van der Waals surface area (Å²) in [6.45, 7) is 9.46. The summed E-state index contributed by atoms with van der Waals surface area (Å²) in [5.74, 6) is 0. The zero-order valence-corrected chi connectivity index (χ0v) is 16.9. The summed E-state index contributed by atoms with van der Waals surface area (Å²) in [6, 6.07) is 14.9. The lowest BCUT2D eigenvalue weighted by Gasteiger charge is -2.21. The van der Waals surface area contributed by atoms with Gasteiger partial charge in [0, 0.05) is 11.2 Å². The third kappa shape index (κ3) is 4.22. The van der Waals surface area contributed by atoms with Gasteiger partial charge < -0.3 is 10.6 Å². The molecular weight excluding hydrogens is 352 g/mol. The fraction of sp³-hybridized carbons (Fsp3) is 0.318. The Hall–Kier alpha value is -3.15. The number of anilines is 1. The molecule has 0 fully saturated rings. The maximum atomic E-state index is 12.8. The molecule has 3 rings (SSSR count). The van der Waals surface area contributed by atoms with Crippen molar-refractivity contribution in [3.05, 3.63) is 70.1 Å². The molecule has 0 aliphatic carbocycles. The van der Waals surface area contributed by atoms with Gasteiger partial charge in [-0.05, 0) is 58.4 Å². The lowest BCUT2D eigenvalue weighted by atomic mass is 10.1. The van der Waals surface area contributed by atoms with Crippen LogP contribution >= 0.6 is 0 Å². The Morgan fingerprint density at radius 1 is 1.11 bits per heavy atom. The minimum absolute atomic E-state index is 0.116. The van der Waals surface area contributed by atoms with Crippen LogP contribution in [0.4, 0.5) is 10.5 Å². The molecule has 28 heavy (non-hydrogen) atoms. The van der Waals surface area contributed by atoms with E-state index in [4.69, 9.17) is 0 Å². The maximum Gasteiger partial charge on any atom is 0.319 e. The van der Waals surface area contributed by atoms with Crippen LogP contribution in [0, 0.1) is 6.92 Å². The summed E-state index contributed by atoms with van der Waals surface area (Å²) < 4.78 is 1.76. The summed E-state index contributed by atoms with van der Waals surface area (Å²) in [5, 5.41) is 5.69. The Morgan fingerprint density at radius 2 is 1.79 bits per heavy atom. The highest BCUT2D eigenvalue weighted by Crippen LogP contribution is 2.23. The Labute approximate surface area is 164 Å². The van der Waals surface area contributed by atoms with E-state index in [0.29, 0.717) is 16.9 Å². The molecule has 1 aromatic heterocycles. The fourth-order valence-electron chi connectivity index (χ4n) is 3.17. The van der Waals surface area contributed by atoms with E-state index in [-0.39, 0.29) is 23.2 Å². The molecule has 0 aliphatic rings. The first-order valence-electron chi connectivity index (χ1n) is 9.33. The number of rotatable bonds is 3. The summed E-state index contributed by atoms with van der Waals surface area (Å²) in [4.78, 5) is 29.4. The van der Waals surface area contributed by atoms with Crippen molar-refractivity contribution in [1.29, 1.82) is 0 Å². The number of amides is 2. The molecule has 2 amide bonds. The molecule has 0 saturated carbocycles. The Kier molecular flexibility index (Phi) is 5.23. The molecule has 0 spiro atoms. The zero-order chi connectivity index (χ0) is 20.5. The van der Waals surface area contributed by atoms with Gasteiger partial charge in [-0.15, -0.1) is 0 Å². The first kappa shape index (κ1) is 19.6. The predicted molar refractivity (Wildman–Crippen MR) is 113 cm³/mol. The summed E-state index contributed by atoms with van der Waals surface area (Å²) in [6.07, 6.45) is 0. The van der Waals surface area contributed by atoms with Crippen LogP contribution in [-0.4, -0.2) is 21.1 Å². The van der Waals surface area contributed by atoms with Gasteiger partial charge in [-0.25, -0.2) is 9.78 Å². The van der Waals surface area contributed by atoms with E-state index in [1.807, 2.05) is 64.1 Å². The largest absolute Gasteiger partial charge is 0.333 e. The minimum atomic E-state index is -0.332. The monoisotopic (exact) mass is 378 g/mol. The number of nitrogens with one attached hydrogen (secondary N) is 2. The van der Waals surface area contributed by atoms with E-state index in [1.54, 1.807) is 23.6 Å².